The predicted octanol–water partition coefficient (Wildman–Crippen LogP) is 3.50. The molecule has 0 aliphatic rings. The van der Waals surface area contributed by atoms with Crippen LogP contribution in [0.15, 0.2) is 29.4 Å². The van der Waals surface area contributed by atoms with E-state index in [1.807, 2.05) is 18.5 Å². The van der Waals surface area contributed by atoms with Gasteiger partial charge < -0.3 is 5.11 Å². The fraction of sp³-hybridized carbons (Fsp3) is 0.308. The Hall–Kier alpha value is -1.53. The third-order valence-corrected chi connectivity index (χ3v) is 3.99. The van der Waals surface area contributed by atoms with Crippen molar-refractivity contribution in [2.24, 2.45) is 0 Å². The minimum Gasteiger partial charge on any atom is -0.478 e. The second kappa shape index (κ2) is 6.28. The first-order chi connectivity index (χ1) is 9.49. The van der Waals surface area contributed by atoms with Crippen molar-refractivity contribution in [3.8, 4) is 0 Å². The van der Waals surface area contributed by atoms with Crippen molar-refractivity contribution in [1.82, 2.24) is 14.8 Å². The van der Waals surface area contributed by atoms with Gasteiger partial charge in [-0.25, -0.2) is 14.5 Å². The van der Waals surface area contributed by atoms with Crippen LogP contribution in [0.1, 0.15) is 36.1 Å². The molecule has 0 aliphatic carbocycles. The minimum atomic E-state index is -1.03. The number of halogens is 1. The van der Waals surface area contributed by atoms with Gasteiger partial charge in [0.05, 0.1) is 16.3 Å². The molecule has 2 aromatic rings. The number of aromatic carboxylic acids is 1. The number of nitrogens with zero attached hydrogens (tertiary/aromatic N) is 3. The van der Waals surface area contributed by atoms with Crippen LogP contribution in [0.25, 0.3) is 0 Å². The molecule has 0 fully saturated rings. The minimum absolute atomic E-state index is 0.113. The van der Waals surface area contributed by atoms with E-state index in [1.54, 1.807) is 18.2 Å². The third kappa shape index (κ3) is 3.32. The van der Waals surface area contributed by atoms with Gasteiger partial charge in [0.2, 0.25) is 0 Å². The zero-order valence-electron chi connectivity index (χ0n) is 11.1. The molecule has 0 saturated carbocycles. The Labute approximate surface area is 126 Å². The van der Waals surface area contributed by atoms with Gasteiger partial charge in [0.25, 0.3) is 0 Å². The lowest BCUT2D eigenvalue weighted by Crippen LogP contribution is -2.07. The Balaban J connectivity index is 2.13. The van der Waals surface area contributed by atoms with Gasteiger partial charge in [-0.3, -0.25) is 0 Å². The summed E-state index contributed by atoms with van der Waals surface area (Å²) in [6, 6.07) is 5.22. The molecule has 0 aliphatic heterocycles. The van der Waals surface area contributed by atoms with Crippen LogP contribution in [0.2, 0.25) is 5.02 Å². The molecule has 20 heavy (non-hydrogen) atoms. The molecule has 0 atom stereocenters. The lowest BCUT2D eigenvalue weighted by molar-refractivity contribution is 0.0697. The average molecular weight is 312 g/mol. The van der Waals surface area contributed by atoms with Gasteiger partial charge in [-0.15, -0.1) is 11.8 Å². The largest absolute Gasteiger partial charge is 0.478 e. The second-order valence-corrected chi connectivity index (χ2v) is 5.91. The van der Waals surface area contributed by atoms with E-state index in [-0.39, 0.29) is 16.6 Å². The molecule has 1 heterocycles. The van der Waals surface area contributed by atoms with Gasteiger partial charge in [0.1, 0.15) is 12.2 Å². The van der Waals surface area contributed by atoms with Crippen molar-refractivity contribution in [1.29, 1.82) is 0 Å². The smallest absolute Gasteiger partial charge is 0.337 e. The molecule has 2 rings (SSSR count). The van der Waals surface area contributed by atoms with Crippen LogP contribution in [0.5, 0.6) is 0 Å². The number of rotatable bonds is 5. The van der Waals surface area contributed by atoms with Crippen LogP contribution < -0.4 is 0 Å². The summed E-state index contributed by atoms with van der Waals surface area (Å²) in [5.74, 6) is 0.457. The number of carbonyl (C=O) groups is 1. The van der Waals surface area contributed by atoms with E-state index in [9.17, 15) is 4.79 Å². The maximum absolute atomic E-state index is 11.0. The first kappa shape index (κ1) is 14.9. The zero-order valence-corrected chi connectivity index (χ0v) is 12.6. The molecule has 0 spiro atoms. The number of carboxylic acids is 1. The number of benzene rings is 1. The molecular weight excluding hydrogens is 298 g/mol. The SMILES string of the molecule is CC(C)n1ncnc1CSc1ccc(Cl)c(C(=O)O)c1. The number of thioether (sulfide) groups is 1. The summed E-state index contributed by atoms with van der Waals surface area (Å²) in [7, 11) is 0. The van der Waals surface area contributed by atoms with Gasteiger partial charge in [-0.05, 0) is 32.0 Å². The number of aromatic nitrogens is 3. The summed E-state index contributed by atoms with van der Waals surface area (Å²) in [6.07, 6.45) is 1.53. The molecule has 1 N–H and O–H groups in total. The molecular formula is C13H14ClN3O2S. The van der Waals surface area contributed by atoms with E-state index in [0.29, 0.717) is 5.75 Å². The summed E-state index contributed by atoms with van der Waals surface area (Å²) in [5.41, 5.74) is 0.113. The Morgan fingerprint density at radius 2 is 2.25 bits per heavy atom. The van der Waals surface area contributed by atoms with Gasteiger partial charge in [-0.2, -0.15) is 5.10 Å². The van der Waals surface area contributed by atoms with E-state index in [2.05, 4.69) is 10.1 Å². The first-order valence-electron chi connectivity index (χ1n) is 6.03. The zero-order chi connectivity index (χ0) is 14.7. The van der Waals surface area contributed by atoms with E-state index in [4.69, 9.17) is 16.7 Å². The Kier molecular flexibility index (Phi) is 4.67. The molecule has 7 heteroatoms. The Morgan fingerprint density at radius 1 is 1.50 bits per heavy atom. The first-order valence-corrected chi connectivity index (χ1v) is 7.39. The second-order valence-electron chi connectivity index (χ2n) is 4.45. The number of hydrogen-bond acceptors (Lipinski definition) is 4. The van der Waals surface area contributed by atoms with Crippen molar-refractivity contribution < 1.29 is 9.90 Å². The normalized spacial score (nSPS) is 11.0. The predicted molar refractivity (Wildman–Crippen MR) is 78.4 cm³/mol. The van der Waals surface area contributed by atoms with Gasteiger partial charge in [0.15, 0.2) is 0 Å². The topological polar surface area (TPSA) is 68.0 Å². The van der Waals surface area contributed by atoms with Crippen molar-refractivity contribution in [3.05, 3.63) is 40.9 Å². The number of carboxylic acid groups (broad SMARTS) is 1. The lowest BCUT2D eigenvalue weighted by Gasteiger charge is -2.09. The van der Waals surface area contributed by atoms with Crippen molar-refractivity contribution in [2.45, 2.75) is 30.5 Å². The van der Waals surface area contributed by atoms with Gasteiger partial charge in [0, 0.05) is 10.9 Å². The highest BCUT2D eigenvalue weighted by molar-refractivity contribution is 7.98. The van der Waals surface area contributed by atoms with E-state index in [1.165, 1.54) is 18.1 Å². The van der Waals surface area contributed by atoms with Crippen molar-refractivity contribution in [2.75, 3.05) is 0 Å². The van der Waals surface area contributed by atoms with Crippen LogP contribution in [-0.2, 0) is 5.75 Å². The van der Waals surface area contributed by atoms with Crippen LogP contribution in [0.4, 0.5) is 0 Å². The lowest BCUT2D eigenvalue weighted by atomic mass is 10.2. The van der Waals surface area contributed by atoms with E-state index in [0.717, 1.165) is 10.7 Å². The van der Waals surface area contributed by atoms with Crippen LogP contribution in [-0.4, -0.2) is 25.8 Å². The summed E-state index contributed by atoms with van der Waals surface area (Å²) in [6.45, 7) is 4.07. The van der Waals surface area contributed by atoms with Crippen molar-refractivity contribution in [3.63, 3.8) is 0 Å². The van der Waals surface area contributed by atoms with E-state index < -0.39 is 5.97 Å². The van der Waals surface area contributed by atoms with Crippen molar-refractivity contribution >= 4 is 29.3 Å². The maximum atomic E-state index is 11.0. The molecule has 1 aromatic heterocycles. The standard InChI is InChI=1S/C13H14ClN3O2S/c1-8(2)17-12(15-7-16-17)6-20-9-3-4-11(14)10(5-9)13(18)19/h3-5,7-8H,6H2,1-2H3,(H,18,19). The Morgan fingerprint density at radius 3 is 2.90 bits per heavy atom. The van der Waals surface area contributed by atoms with E-state index >= 15 is 0 Å². The monoisotopic (exact) mass is 311 g/mol. The number of hydrogen-bond donors (Lipinski definition) is 1. The maximum Gasteiger partial charge on any atom is 0.337 e. The summed E-state index contributed by atoms with van der Waals surface area (Å²) in [5, 5.41) is 13.4. The molecule has 0 unspecified atom stereocenters. The van der Waals surface area contributed by atoms with Crippen LogP contribution in [0.3, 0.4) is 0 Å². The fourth-order valence-corrected chi connectivity index (χ4v) is 2.78. The third-order valence-electron chi connectivity index (χ3n) is 2.67. The van der Waals surface area contributed by atoms with Crippen LogP contribution >= 0.6 is 23.4 Å². The molecule has 0 bridgehead atoms. The average Bonchev–Trinajstić information content (AvgIpc) is 2.86. The van der Waals surface area contributed by atoms with Gasteiger partial charge >= 0.3 is 5.97 Å². The highest BCUT2D eigenvalue weighted by atomic mass is 35.5. The highest BCUT2D eigenvalue weighted by Crippen LogP contribution is 2.27. The van der Waals surface area contributed by atoms with Crippen LogP contribution in [0, 0.1) is 0 Å². The molecule has 1 aromatic carbocycles. The summed E-state index contributed by atoms with van der Waals surface area (Å²) < 4.78 is 1.85. The quantitative estimate of drug-likeness (QED) is 0.856. The van der Waals surface area contributed by atoms with Gasteiger partial charge in [-0.1, -0.05) is 11.6 Å². The fourth-order valence-electron chi connectivity index (χ4n) is 1.71. The molecule has 5 nitrogen and oxygen atoms in total. The summed E-state index contributed by atoms with van der Waals surface area (Å²) >= 11 is 7.35. The Bertz CT molecular complexity index is 628. The molecule has 0 radical (unpaired) electrons. The highest BCUT2D eigenvalue weighted by Gasteiger charge is 2.11. The molecule has 106 valence electrons. The molecule has 0 saturated heterocycles. The molecule has 0 amide bonds. The summed E-state index contributed by atoms with van der Waals surface area (Å²) in [4.78, 5) is 16.1.